The molecule has 0 aromatic heterocycles. The van der Waals surface area contributed by atoms with Gasteiger partial charge in [0.2, 0.25) is 0 Å². The number of hydrogen-bond donors (Lipinski definition) is 2. The number of halogens is 1. The van der Waals surface area contributed by atoms with Crippen molar-refractivity contribution >= 4 is 23.3 Å². The van der Waals surface area contributed by atoms with Crippen LogP contribution in [0.1, 0.15) is 17.3 Å². The second kappa shape index (κ2) is 4.19. The standard InChI is InChI=1S/C9H10ClNO3/c1-2-14-6-4-3-5(10)7(8(6)11)9(12)13/h3-4H,2,11H2,1H3,(H,12,13). The quantitative estimate of drug-likeness (QED) is 0.757. The topological polar surface area (TPSA) is 72.5 Å². The van der Waals surface area contributed by atoms with Gasteiger partial charge in [-0.05, 0) is 19.1 Å². The van der Waals surface area contributed by atoms with Gasteiger partial charge in [-0.2, -0.15) is 0 Å². The monoisotopic (exact) mass is 215 g/mol. The van der Waals surface area contributed by atoms with Crippen molar-refractivity contribution in [3.63, 3.8) is 0 Å². The molecule has 0 aliphatic carbocycles. The molecule has 0 aliphatic rings. The normalized spacial score (nSPS) is 9.86. The SMILES string of the molecule is CCOc1ccc(Cl)c(C(=O)O)c1N. The number of benzene rings is 1. The number of hydrogen-bond acceptors (Lipinski definition) is 3. The highest BCUT2D eigenvalue weighted by atomic mass is 35.5. The summed E-state index contributed by atoms with van der Waals surface area (Å²) in [6.07, 6.45) is 0. The van der Waals surface area contributed by atoms with Crippen molar-refractivity contribution in [1.29, 1.82) is 0 Å². The fraction of sp³-hybridized carbons (Fsp3) is 0.222. The smallest absolute Gasteiger partial charge is 0.339 e. The van der Waals surface area contributed by atoms with Crippen LogP contribution in [0.25, 0.3) is 0 Å². The Hall–Kier alpha value is -1.42. The molecule has 0 atom stereocenters. The molecule has 0 spiro atoms. The largest absolute Gasteiger partial charge is 0.492 e. The van der Waals surface area contributed by atoms with Crippen molar-refractivity contribution in [2.45, 2.75) is 6.92 Å². The number of nitrogens with two attached hydrogens (primary N) is 1. The van der Waals surface area contributed by atoms with E-state index in [1.165, 1.54) is 6.07 Å². The molecule has 1 rings (SSSR count). The van der Waals surface area contributed by atoms with Crippen LogP contribution in [-0.2, 0) is 0 Å². The summed E-state index contributed by atoms with van der Waals surface area (Å²) in [6, 6.07) is 3.00. The second-order valence-electron chi connectivity index (χ2n) is 2.57. The fourth-order valence-electron chi connectivity index (χ4n) is 1.07. The molecule has 0 radical (unpaired) electrons. The molecule has 1 aromatic carbocycles. The molecular weight excluding hydrogens is 206 g/mol. The van der Waals surface area contributed by atoms with Crippen LogP contribution in [-0.4, -0.2) is 17.7 Å². The summed E-state index contributed by atoms with van der Waals surface area (Å²) in [4.78, 5) is 10.8. The Kier molecular flexibility index (Phi) is 3.19. The maximum atomic E-state index is 10.8. The Morgan fingerprint density at radius 1 is 1.64 bits per heavy atom. The van der Waals surface area contributed by atoms with Crippen LogP contribution < -0.4 is 10.5 Å². The molecule has 14 heavy (non-hydrogen) atoms. The molecule has 0 saturated carbocycles. The third-order valence-corrected chi connectivity index (χ3v) is 1.98. The molecule has 1 aromatic rings. The Morgan fingerprint density at radius 2 is 2.29 bits per heavy atom. The molecule has 0 heterocycles. The lowest BCUT2D eigenvalue weighted by Gasteiger charge is -2.09. The van der Waals surface area contributed by atoms with Gasteiger partial charge in [0.05, 0.1) is 17.3 Å². The number of carboxylic acid groups (broad SMARTS) is 1. The van der Waals surface area contributed by atoms with Gasteiger partial charge in [-0.15, -0.1) is 0 Å². The van der Waals surface area contributed by atoms with E-state index in [0.717, 1.165) is 0 Å². The number of carboxylic acids is 1. The molecule has 0 aliphatic heterocycles. The molecule has 0 amide bonds. The second-order valence-corrected chi connectivity index (χ2v) is 2.98. The van der Waals surface area contributed by atoms with E-state index in [1.807, 2.05) is 0 Å². The molecule has 0 unspecified atom stereocenters. The van der Waals surface area contributed by atoms with Crippen molar-refractivity contribution in [3.8, 4) is 5.75 Å². The van der Waals surface area contributed by atoms with Crippen molar-refractivity contribution < 1.29 is 14.6 Å². The predicted octanol–water partition coefficient (Wildman–Crippen LogP) is 2.02. The highest BCUT2D eigenvalue weighted by Crippen LogP contribution is 2.31. The highest BCUT2D eigenvalue weighted by molar-refractivity contribution is 6.34. The molecule has 0 fully saturated rings. The molecule has 0 bridgehead atoms. The Morgan fingerprint density at radius 3 is 2.79 bits per heavy atom. The van der Waals surface area contributed by atoms with Gasteiger partial charge in [0.1, 0.15) is 11.3 Å². The number of aromatic carboxylic acids is 1. The van der Waals surface area contributed by atoms with Gasteiger partial charge in [-0.3, -0.25) is 0 Å². The minimum Gasteiger partial charge on any atom is -0.492 e. The predicted molar refractivity (Wildman–Crippen MR) is 54.0 cm³/mol. The molecule has 4 nitrogen and oxygen atoms in total. The summed E-state index contributed by atoms with van der Waals surface area (Å²) in [5.74, 6) is -0.816. The molecule has 76 valence electrons. The minimum atomic E-state index is -1.16. The number of rotatable bonds is 3. The van der Waals surface area contributed by atoms with E-state index < -0.39 is 5.97 Å². The van der Waals surface area contributed by atoms with Crippen LogP contribution >= 0.6 is 11.6 Å². The number of ether oxygens (including phenoxy) is 1. The van der Waals surface area contributed by atoms with Gasteiger partial charge >= 0.3 is 5.97 Å². The van der Waals surface area contributed by atoms with Gasteiger partial charge in [-0.1, -0.05) is 11.6 Å². The van der Waals surface area contributed by atoms with E-state index >= 15 is 0 Å². The van der Waals surface area contributed by atoms with E-state index in [0.29, 0.717) is 12.4 Å². The number of carbonyl (C=O) groups is 1. The zero-order valence-electron chi connectivity index (χ0n) is 7.58. The Bertz CT molecular complexity index is 365. The molecule has 3 N–H and O–H groups in total. The van der Waals surface area contributed by atoms with E-state index in [9.17, 15) is 4.79 Å². The van der Waals surface area contributed by atoms with Crippen LogP contribution in [0.4, 0.5) is 5.69 Å². The van der Waals surface area contributed by atoms with Gasteiger partial charge < -0.3 is 15.6 Å². The van der Waals surface area contributed by atoms with Crippen LogP contribution in [0.2, 0.25) is 5.02 Å². The summed E-state index contributed by atoms with van der Waals surface area (Å²) in [7, 11) is 0. The Labute approximate surface area is 86.2 Å². The van der Waals surface area contributed by atoms with Gasteiger partial charge in [-0.25, -0.2) is 4.79 Å². The Balaban J connectivity index is 3.26. The third-order valence-electron chi connectivity index (χ3n) is 1.67. The highest BCUT2D eigenvalue weighted by Gasteiger charge is 2.16. The van der Waals surface area contributed by atoms with Gasteiger partial charge in [0.25, 0.3) is 0 Å². The third kappa shape index (κ3) is 1.90. The maximum absolute atomic E-state index is 10.8. The first-order valence-corrected chi connectivity index (χ1v) is 4.39. The maximum Gasteiger partial charge on any atom is 0.339 e. The first kappa shape index (κ1) is 10.7. The van der Waals surface area contributed by atoms with Crippen LogP contribution in [0.5, 0.6) is 5.75 Å². The fourth-order valence-corrected chi connectivity index (χ4v) is 1.32. The first-order valence-electron chi connectivity index (χ1n) is 4.02. The van der Waals surface area contributed by atoms with E-state index in [2.05, 4.69) is 0 Å². The van der Waals surface area contributed by atoms with Crippen LogP contribution in [0.15, 0.2) is 12.1 Å². The summed E-state index contributed by atoms with van der Waals surface area (Å²) < 4.78 is 5.14. The van der Waals surface area contributed by atoms with Crippen LogP contribution in [0, 0.1) is 0 Å². The van der Waals surface area contributed by atoms with Crippen molar-refractivity contribution in [2.75, 3.05) is 12.3 Å². The van der Waals surface area contributed by atoms with Gasteiger partial charge in [0, 0.05) is 0 Å². The van der Waals surface area contributed by atoms with Crippen molar-refractivity contribution in [2.24, 2.45) is 0 Å². The first-order chi connectivity index (χ1) is 6.57. The lowest BCUT2D eigenvalue weighted by atomic mass is 10.1. The summed E-state index contributed by atoms with van der Waals surface area (Å²) >= 11 is 5.68. The minimum absolute atomic E-state index is 0.0619. The number of anilines is 1. The molecule has 5 heteroatoms. The summed E-state index contributed by atoms with van der Waals surface area (Å²) in [6.45, 7) is 2.21. The van der Waals surface area contributed by atoms with Crippen molar-refractivity contribution in [1.82, 2.24) is 0 Å². The lowest BCUT2D eigenvalue weighted by molar-refractivity contribution is 0.0698. The zero-order valence-corrected chi connectivity index (χ0v) is 8.34. The molecule has 0 saturated heterocycles. The van der Waals surface area contributed by atoms with E-state index in [-0.39, 0.29) is 16.3 Å². The molecular formula is C9H10ClNO3. The van der Waals surface area contributed by atoms with Crippen molar-refractivity contribution in [3.05, 3.63) is 22.7 Å². The van der Waals surface area contributed by atoms with E-state index in [1.54, 1.807) is 13.0 Å². The summed E-state index contributed by atoms with van der Waals surface area (Å²) in [5.41, 5.74) is 5.53. The van der Waals surface area contributed by atoms with Gasteiger partial charge in [0.15, 0.2) is 0 Å². The van der Waals surface area contributed by atoms with Crippen LogP contribution in [0.3, 0.4) is 0 Å². The summed E-state index contributed by atoms with van der Waals surface area (Å²) in [5, 5.41) is 8.93. The zero-order chi connectivity index (χ0) is 10.7. The average molecular weight is 216 g/mol. The average Bonchev–Trinajstić information content (AvgIpc) is 2.10. The number of nitrogen functional groups attached to an aromatic ring is 1. The lowest BCUT2D eigenvalue weighted by Crippen LogP contribution is -2.06. The van der Waals surface area contributed by atoms with E-state index in [4.69, 9.17) is 27.2 Å².